The summed E-state index contributed by atoms with van der Waals surface area (Å²) in [5.41, 5.74) is 2.94. The largest absolute Gasteiger partial charge is 0.357 e. The van der Waals surface area contributed by atoms with E-state index in [0.717, 1.165) is 42.9 Å². The lowest BCUT2D eigenvalue weighted by Crippen LogP contribution is -2.40. The van der Waals surface area contributed by atoms with Gasteiger partial charge in [-0.15, -0.1) is 6.42 Å². The van der Waals surface area contributed by atoms with Crippen LogP contribution < -0.4 is 16.1 Å². The smallest absolute Gasteiger partial charge is 0.331 e. The van der Waals surface area contributed by atoms with Crippen molar-refractivity contribution in [1.29, 1.82) is 0 Å². The molecule has 0 spiro atoms. The molecule has 0 atom stereocenters. The lowest BCUT2D eigenvalue weighted by atomic mass is 10.1. The van der Waals surface area contributed by atoms with Crippen LogP contribution in [0.5, 0.6) is 0 Å². The number of hydrogen-bond donors (Lipinski definition) is 0. The molecule has 1 aliphatic rings. The van der Waals surface area contributed by atoms with Gasteiger partial charge in [0, 0.05) is 39.1 Å². The summed E-state index contributed by atoms with van der Waals surface area (Å²) in [6, 6.07) is 3.62. The molecule has 1 saturated heterocycles. The molecule has 0 bridgehead atoms. The molecule has 4 heterocycles. The normalized spacial score (nSPS) is 13.9. The van der Waals surface area contributed by atoms with Crippen LogP contribution in [0.4, 0.5) is 5.82 Å². The number of rotatable bonds is 5. The van der Waals surface area contributed by atoms with Crippen molar-refractivity contribution in [2.45, 2.75) is 46.2 Å². The first-order chi connectivity index (χ1) is 15.4. The maximum Gasteiger partial charge on any atom is 0.331 e. The van der Waals surface area contributed by atoms with E-state index in [9.17, 15) is 9.59 Å². The van der Waals surface area contributed by atoms with E-state index in [1.54, 1.807) is 19.4 Å². The first kappa shape index (κ1) is 21.7. The summed E-state index contributed by atoms with van der Waals surface area (Å²) in [6.45, 7) is 6.55. The maximum atomic E-state index is 13.7. The zero-order valence-corrected chi connectivity index (χ0v) is 19.0. The summed E-state index contributed by atoms with van der Waals surface area (Å²) in [4.78, 5) is 33.3. The maximum absolute atomic E-state index is 13.7. The Morgan fingerprint density at radius 2 is 1.78 bits per heavy atom. The lowest BCUT2D eigenvalue weighted by molar-refractivity contribution is 0.565. The summed E-state index contributed by atoms with van der Waals surface area (Å²) in [5.74, 6) is 3.68. The minimum absolute atomic E-state index is 0.183. The number of aryl methyl sites for hydroxylation is 1. The van der Waals surface area contributed by atoms with E-state index < -0.39 is 0 Å². The number of aromatic nitrogens is 4. The number of piperidine rings is 1. The van der Waals surface area contributed by atoms with Crippen molar-refractivity contribution in [2.24, 2.45) is 7.05 Å². The van der Waals surface area contributed by atoms with Gasteiger partial charge < -0.3 is 9.47 Å². The second kappa shape index (κ2) is 8.91. The topological polar surface area (TPSA) is 65.1 Å². The Hall–Kier alpha value is -3.53. The highest BCUT2D eigenvalue weighted by atomic mass is 16.2. The fourth-order valence-corrected chi connectivity index (χ4v) is 4.46. The fourth-order valence-electron chi connectivity index (χ4n) is 4.46. The third kappa shape index (κ3) is 3.77. The number of hydrogen-bond acceptors (Lipinski definition) is 4. The van der Waals surface area contributed by atoms with E-state index in [4.69, 9.17) is 6.42 Å². The molecule has 0 N–H and O–H groups in total. The van der Waals surface area contributed by atoms with Gasteiger partial charge in [0.2, 0.25) is 0 Å². The molecule has 1 aliphatic heterocycles. The molecule has 4 rings (SSSR count). The highest BCUT2D eigenvalue weighted by molar-refractivity contribution is 5.90. The van der Waals surface area contributed by atoms with E-state index in [1.807, 2.05) is 30.5 Å². The molecular formula is C25H29N5O2. The van der Waals surface area contributed by atoms with Gasteiger partial charge in [0.1, 0.15) is 11.3 Å². The van der Waals surface area contributed by atoms with Crippen molar-refractivity contribution in [1.82, 2.24) is 18.7 Å². The van der Waals surface area contributed by atoms with Crippen LogP contribution >= 0.6 is 0 Å². The van der Waals surface area contributed by atoms with Gasteiger partial charge in [-0.3, -0.25) is 18.9 Å². The predicted molar refractivity (Wildman–Crippen MR) is 128 cm³/mol. The number of allylic oxidation sites excluding steroid dienone is 2. The third-order valence-electron chi connectivity index (χ3n) is 6.08. The van der Waals surface area contributed by atoms with Gasteiger partial charge >= 0.3 is 5.69 Å². The van der Waals surface area contributed by atoms with E-state index in [1.165, 1.54) is 15.6 Å². The zero-order chi connectivity index (χ0) is 22.8. The van der Waals surface area contributed by atoms with Gasteiger partial charge in [0.15, 0.2) is 0 Å². The number of terminal acetylenes is 1. The number of anilines is 1. The molecule has 0 saturated carbocycles. The van der Waals surface area contributed by atoms with E-state index >= 15 is 0 Å². The number of pyridine rings is 1. The van der Waals surface area contributed by atoms with E-state index in [0.29, 0.717) is 23.1 Å². The molecule has 0 unspecified atom stereocenters. The molecule has 0 amide bonds. The Balaban J connectivity index is 2.05. The molecular weight excluding hydrogens is 402 g/mol. The van der Waals surface area contributed by atoms with Crippen LogP contribution in [0.15, 0.2) is 45.8 Å². The van der Waals surface area contributed by atoms with Crippen LogP contribution in [0.1, 0.15) is 44.2 Å². The van der Waals surface area contributed by atoms with Crippen LogP contribution in [-0.2, 0) is 20.1 Å². The van der Waals surface area contributed by atoms with Crippen molar-refractivity contribution in [2.75, 3.05) is 18.0 Å². The van der Waals surface area contributed by atoms with Crippen LogP contribution in [0.3, 0.4) is 0 Å². The second-order valence-corrected chi connectivity index (χ2v) is 8.57. The Kier molecular flexibility index (Phi) is 6.04. The molecule has 7 heteroatoms. The second-order valence-electron chi connectivity index (χ2n) is 8.57. The predicted octanol–water partition coefficient (Wildman–Crippen LogP) is 2.88. The van der Waals surface area contributed by atoms with Gasteiger partial charge in [-0.05, 0) is 50.8 Å². The number of nitrogens with zero attached hydrogens (tertiary/aromatic N) is 5. The van der Waals surface area contributed by atoms with Crippen LogP contribution in [-0.4, -0.2) is 31.8 Å². The molecule has 166 valence electrons. The summed E-state index contributed by atoms with van der Waals surface area (Å²) in [7, 11) is 1.69. The average Bonchev–Trinajstić information content (AvgIpc) is 3.14. The first-order valence-electron chi connectivity index (χ1n) is 11.0. The van der Waals surface area contributed by atoms with Crippen molar-refractivity contribution < 1.29 is 0 Å². The average molecular weight is 432 g/mol. The molecule has 32 heavy (non-hydrogen) atoms. The number of fused-ring (bicyclic) bond motifs is 1. The molecule has 3 aromatic rings. The third-order valence-corrected chi connectivity index (χ3v) is 6.08. The SMILES string of the molecule is C#Cc1c(N2CCCCC2)n(CC=C(C)C)c2c(=O)n(Cc3ccncc3)c(=O)n(C)c12. The van der Waals surface area contributed by atoms with Crippen LogP contribution in [0.2, 0.25) is 0 Å². The Labute approximate surface area is 187 Å². The van der Waals surface area contributed by atoms with Crippen LogP contribution in [0.25, 0.3) is 11.0 Å². The van der Waals surface area contributed by atoms with Gasteiger partial charge in [0.05, 0.1) is 17.6 Å². The quantitative estimate of drug-likeness (QED) is 0.460. The zero-order valence-electron chi connectivity index (χ0n) is 19.0. The molecule has 1 fully saturated rings. The highest BCUT2D eigenvalue weighted by Gasteiger charge is 2.27. The summed E-state index contributed by atoms with van der Waals surface area (Å²) in [5, 5.41) is 0. The van der Waals surface area contributed by atoms with Crippen molar-refractivity contribution in [3.8, 4) is 12.3 Å². The Morgan fingerprint density at radius 1 is 1.09 bits per heavy atom. The van der Waals surface area contributed by atoms with Gasteiger partial charge in [-0.2, -0.15) is 0 Å². The Morgan fingerprint density at radius 3 is 2.41 bits per heavy atom. The van der Waals surface area contributed by atoms with Crippen molar-refractivity contribution in [3.63, 3.8) is 0 Å². The van der Waals surface area contributed by atoms with E-state index in [-0.39, 0.29) is 17.8 Å². The van der Waals surface area contributed by atoms with Gasteiger partial charge in [-0.25, -0.2) is 4.79 Å². The lowest BCUT2D eigenvalue weighted by Gasteiger charge is -2.30. The molecule has 7 nitrogen and oxygen atoms in total. The van der Waals surface area contributed by atoms with Crippen molar-refractivity contribution >= 4 is 16.9 Å². The highest BCUT2D eigenvalue weighted by Crippen LogP contribution is 2.32. The van der Waals surface area contributed by atoms with Gasteiger partial charge in [-0.1, -0.05) is 17.6 Å². The fraction of sp³-hybridized carbons (Fsp3) is 0.400. The summed E-state index contributed by atoms with van der Waals surface area (Å²) < 4.78 is 4.82. The first-order valence-corrected chi connectivity index (χ1v) is 11.0. The molecule has 3 aromatic heterocycles. The minimum Gasteiger partial charge on any atom is -0.357 e. The molecule has 0 aliphatic carbocycles. The molecule has 0 radical (unpaired) electrons. The molecule has 0 aromatic carbocycles. The Bertz CT molecular complexity index is 1330. The van der Waals surface area contributed by atoms with Crippen molar-refractivity contribution in [3.05, 3.63) is 68.1 Å². The van der Waals surface area contributed by atoms with E-state index in [2.05, 4.69) is 21.9 Å². The standard InChI is InChI=1S/C25H29N5O2/c1-5-20-21-22(29(16-11-18(2)3)23(20)28-14-7-6-8-15-28)24(31)30(25(32)27(21)4)17-19-9-12-26-13-10-19/h1,9-13H,6-8,14-17H2,2-4H3. The minimum atomic E-state index is -0.375. The van der Waals surface area contributed by atoms with Crippen LogP contribution in [0, 0.1) is 12.3 Å². The van der Waals surface area contributed by atoms with Gasteiger partial charge in [0.25, 0.3) is 5.56 Å². The monoisotopic (exact) mass is 431 g/mol. The summed E-state index contributed by atoms with van der Waals surface area (Å²) in [6.07, 6.45) is 14.7. The summed E-state index contributed by atoms with van der Waals surface area (Å²) >= 11 is 0.